The van der Waals surface area contributed by atoms with E-state index in [9.17, 15) is 15.0 Å². The fourth-order valence-corrected chi connectivity index (χ4v) is 5.45. The molecule has 4 aromatic rings. The smallest absolute Gasteiger partial charge is 0.338 e. The zero-order valence-electron chi connectivity index (χ0n) is 29.7. The molecule has 2 fully saturated rings. The van der Waals surface area contributed by atoms with E-state index in [-0.39, 0.29) is 31.3 Å². The quantitative estimate of drug-likeness (QED) is 0.0740. The normalized spacial score (nSPS) is 19.4. The molecule has 0 spiro atoms. The molecule has 14 nitrogen and oxygen atoms in total. The highest BCUT2D eigenvalue weighted by Gasteiger charge is 2.50. The van der Waals surface area contributed by atoms with Crippen molar-refractivity contribution >= 4 is 37.6 Å². The van der Waals surface area contributed by atoms with E-state index >= 15 is 0 Å². The highest BCUT2D eigenvalue weighted by atomic mass is 17.2. The van der Waals surface area contributed by atoms with Gasteiger partial charge in [0.15, 0.2) is 17.6 Å². The van der Waals surface area contributed by atoms with Crippen LogP contribution >= 0.6 is 0 Å². The molecule has 6 rings (SSSR count). The summed E-state index contributed by atoms with van der Waals surface area (Å²) in [6.07, 6.45) is 4.40. The second kappa shape index (κ2) is 19.7. The molecule has 0 saturated carbocycles. The van der Waals surface area contributed by atoms with Crippen LogP contribution in [0.2, 0.25) is 0 Å². The molecule has 54 heavy (non-hydrogen) atoms. The first-order valence-corrected chi connectivity index (χ1v) is 16.9. The number of hydrogen-bond acceptors (Lipinski definition) is 14. The van der Waals surface area contributed by atoms with Crippen molar-refractivity contribution in [3.63, 3.8) is 0 Å². The molecule has 2 heterocycles. The van der Waals surface area contributed by atoms with Gasteiger partial charge in [-0.05, 0) is 95.8 Å². The molecule has 0 amide bonds. The minimum Gasteiger partial charge on any atom is -0.508 e. The van der Waals surface area contributed by atoms with Gasteiger partial charge in [0.2, 0.25) is 0 Å². The molecule has 14 heteroatoms. The summed E-state index contributed by atoms with van der Waals surface area (Å²) in [5.41, 5.74) is 5.20. The number of aryl methyl sites for hydroxylation is 1. The molecule has 3 unspecified atom stereocenters. The Bertz CT molecular complexity index is 1960. The zero-order valence-corrected chi connectivity index (χ0v) is 29.7. The first-order chi connectivity index (χ1) is 26.4. The van der Waals surface area contributed by atoms with Crippen molar-refractivity contribution in [2.45, 2.75) is 44.9 Å². The summed E-state index contributed by atoms with van der Waals surface area (Å²) in [6.45, 7) is 6.72. The van der Waals surface area contributed by atoms with Gasteiger partial charge in [0.25, 0.3) is 0 Å². The number of fused-ring (bicyclic) bond motifs is 1. The Morgan fingerprint density at radius 3 is 1.87 bits per heavy atom. The maximum atomic E-state index is 12.9. The number of phenols is 2. The van der Waals surface area contributed by atoms with Crippen LogP contribution in [-0.4, -0.2) is 92.1 Å². The van der Waals surface area contributed by atoms with E-state index in [0.29, 0.717) is 17.9 Å². The van der Waals surface area contributed by atoms with Crippen LogP contribution in [0.4, 0.5) is 0 Å². The number of carbonyl (C=O) groups is 2. The Hall–Kier alpha value is -6.06. The number of phenolic OH excluding ortho intramolecular Hbond substituents is 2. The monoisotopic (exact) mass is 736 g/mol. The number of aromatic hydroxyl groups is 2. The topological polar surface area (TPSA) is 179 Å². The van der Waals surface area contributed by atoms with Crippen molar-refractivity contribution in [2.75, 3.05) is 19.8 Å². The third-order valence-electron chi connectivity index (χ3n) is 8.23. The van der Waals surface area contributed by atoms with Crippen LogP contribution in [-0.2, 0) is 35.4 Å². The Balaban J connectivity index is 0.00000276. The highest BCUT2D eigenvalue weighted by Crippen LogP contribution is 2.31. The van der Waals surface area contributed by atoms with Gasteiger partial charge in [0.1, 0.15) is 37.5 Å². The van der Waals surface area contributed by atoms with Gasteiger partial charge in [-0.1, -0.05) is 36.4 Å². The van der Waals surface area contributed by atoms with Crippen LogP contribution in [0.3, 0.4) is 0 Å². The fourth-order valence-electron chi connectivity index (χ4n) is 5.45. The summed E-state index contributed by atoms with van der Waals surface area (Å²) in [6, 6.07) is 24.5. The Kier molecular flexibility index (Phi) is 14.3. The largest absolute Gasteiger partial charge is 0.508 e. The average molecular weight is 737 g/mol. The molecular weight excluding hydrogens is 696 g/mol. The minimum absolute atomic E-state index is 0.0744. The summed E-state index contributed by atoms with van der Waals surface area (Å²) in [5, 5.41) is 35.7. The summed E-state index contributed by atoms with van der Waals surface area (Å²) < 4.78 is 22.9. The molecule has 2 aliphatic rings. The zero-order chi connectivity index (χ0) is 38.3. The van der Waals surface area contributed by atoms with Crippen LogP contribution < -0.4 is 4.74 Å². The molecule has 4 atom stereocenters. The summed E-state index contributed by atoms with van der Waals surface area (Å²) in [5.74, 6) is 0.208. The fraction of sp³-hybridized carbons (Fsp3) is 0.250. The lowest BCUT2D eigenvalue weighted by Gasteiger charge is -2.17. The average Bonchev–Trinajstić information content (AvgIpc) is 3.79. The number of carbonyl (C=O) groups excluding carboxylic acids is 2. The van der Waals surface area contributed by atoms with Crippen molar-refractivity contribution < 1.29 is 48.5 Å². The molecule has 4 aromatic carbocycles. The Labute approximate surface area is 311 Å². The maximum absolute atomic E-state index is 12.9. The maximum Gasteiger partial charge on any atom is 0.338 e. The lowest BCUT2D eigenvalue weighted by atomic mass is 10.1. The van der Waals surface area contributed by atoms with Crippen LogP contribution in [0.25, 0.3) is 0 Å². The first kappa shape index (κ1) is 39.2. The molecule has 2 saturated heterocycles. The lowest BCUT2D eigenvalue weighted by Crippen LogP contribution is -2.35. The number of rotatable bonds is 14. The van der Waals surface area contributed by atoms with Crippen LogP contribution in [0.5, 0.6) is 17.2 Å². The van der Waals surface area contributed by atoms with Gasteiger partial charge in [-0.15, -0.1) is 0 Å². The number of ether oxygens (including phenoxy) is 4. The van der Waals surface area contributed by atoms with Crippen molar-refractivity contribution in [2.24, 2.45) is 20.4 Å². The predicted octanol–water partition coefficient (Wildman–Crippen LogP) is 5.37. The van der Waals surface area contributed by atoms with Crippen molar-refractivity contribution in [3.8, 4) is 17.2 Å². The second-order valence-corrected chi connectivity index (χ2v) is 12.0. The summed E-state index contributed by atoms with van der Waals surface area (Å²) in [7, 11) is 0. The standard InChI is InChI=1S/C39H38N4O9.CH2O/c1-3-47-34-17-30(11-15-33(34)45)21-43-40-18-26-4-6-28(7-5-26)22-50-52-36-24-49-37-35(23-48-38(36)37)51-39(46)31-12-8-27(9-13-31)19-41-42-20-29-10-14-32(44)25(2)16-29;1-2/h4-21,35-38,44-45H,3,22-24H2,1-2H3;1H2/b40-18+,41-19+,42-20+,43-21+;/t35?,36-,37?,38?;/m1./s1. The van der Waals surface area contributed by atoms with Gasteiger partial charge in [-0.25, -0.2) is 14.6 Å². The van der Waals surface area contributed by atoms with Crippen LogP contribution in [0.15, 0.2) is 105 Å². The molecule has 2 aliphatic heterocycles. The molecule has 0 bridgehead atoms. The molecule has 0 radical (unpaired) electrons. The Morgan fingerprint density at radius 1 is 0.741 bits per heavy atom. The van der Waals surface area contributed by atoms with E-state index in [1.807, 2.05) is 51.0 Å². The van der Waals surface area contributed by atoms with Crippen molar-refractivity contribution in [1.82, 2.24) is 0 Å². The lowest BCUT2D eigenvalue weighted by molar-refractivity contribution is -0.341. The van der Waals surface area contributed by atoms with E-state index in [2.05, 4.69) is 20.4 Å². The highest BCUT2D eigenvalue weighted by molar-refractivity contribution is 5.91. The molecule has 0 aromatic heterocycles. The van der Waals surface area contributed by atoms with E-state index in [1.165, 1.54) is 0 Å². The van der Waals surface area contributed by atoms with Crippen LogP contribution in [0, 0.1) is 6.92 Å². The van der Waals surface area contributed by atoms with E-state index in [0.717, 1.165) is 33.4 Å². The molecule has 0 aliphatic carbocycles. The molecular formula is C40H40N4O10. The SMILES string of the molecule is C=O.CCOc1cc(/C=N/N=C/c2ccc(COO[C@@H]3COC4C(OC(=O)c5ccc(/C=N/N=C/c6ccc(O)c(C)c6)cc5)COC43)cc2)ccc1O. The predicted molar refractivity (Wildman–Crippen MR) is 201 cm³/mol. The van der Waals surface area contributed by atoms with Gasteiger partial charge < -0.3 is 34.0 Å². The minimum atomic E-state index is -0.586. The van der Waals surface area contributed by atoms with Gasteiger partial charge >= 0.3 is 5.97 Å². The Morgan fingerprint density at radius 2 is 1.26 bits per heavy atom. The first-order valence-electron chi connectivity index (χ1n) is 16.9. The van der Waals surface area contributed by atoms with Gasteiger partial charge in [-0.2, -0.15) is 20.4 Å². The molecule has 2 N–H and O–H groups in total. The number of benzene rings is 4. The van der Waals surface area contributed by atoms with E-state index in [4.69, 9.17) is 33.5 Å². The third kappa shape index (κ3) is 10.7. The van der Waals surface area contributed by atoms with E-state index in [1.54, 1.807) is 79.5 Å². The van der Waals surface area contributed by atoms with E-state index < -0.39 is 30.4 Å². The van der Waals surface area contributed by atoms with Crippen LogP contribution in [0.1, 0.15) is 50.7 Å². The van der Waals surface area contributed by atoms with Crippen molar-refractivity contribution in [1.29, 1.82) is 0 Å². The summed E-state index contributed by atoms with van der Waals surface area (Å²) >= 11 is 0. The number of nitrogens with zero attached hydrogens (tertiary/aromatic N) is 4. The second-order valence-electron chi connectivity index (χ2n) is 12.0. The number of hydrogen-bond donors (Lipinski definition) is 2. The van der Waals surface area contributed by atoms with Gasteiger partial charge in [-0.3, -0.25) is 0 Å². The number of esters is 1. The van der Waals surface area contributed by atoms with Gasteiger partial charge in [0, 0.05) is 0 Å². The summed E-state index contributed by atoms with van der Waals surface area (Å²) in [4.78, 5) is 32.0. The molecule has 280 valence electrons. The van der Waals surface area contributed by atoms with Gasteiger partial charge in [0.05, 0.1) is 50.2 Å². The van der Waals surface area contributed by atoms with Crippen molar-refractivity contribution in [3.05, 3.63) is 124 Å². The third-order valence-corrected chi connectivity index (χ3v) is 8.23.